The molecule has 1 aliphatic rings. The number of hydrogen-bond donors (Lipinski definition) is 1. The van der Waals surface area contributed by atoms with Gasteiger partial charge in [0.25, 0.3) is 11.8 Å². The Morgan fingerprint density at radius 2 is 2.13 bits per heavy atom. The van der Waals surface area contributed by atoms with Crippen LogP contribution in [0.5, 0.6) is 0 Å². The molecule has 0 atom stereocenters. The van der Waals surface area contributed by atoms with Gasteiger partial charge in [0.2, 0.25) is 0 Å². The molecule has 6 nitrogen and oxygen atoms in total. The van der Waals surface area contributed by atoms with Crippen molar-refractivity contribution in [2.75, 3.05) is 13.6 Å². The van der Waals surface area contributed by atoms with Crippen LogP contribution >= 0.6 is 0 Å². The standard InChI is InChI=1S/C17H20N4O2/c1-12-5-3-6-13(9-12)11-20-7-4-8-21-15(17(20)23)10-14(19-21)16(22)18-2/h3,5-6,9-10H,4,7-8,11H2,1-2H3,(H,18,22). The van der Waals surface area contributed by atoms with Crippen molar-refractivity contribution in [1.82, 2.24) is 20.0 Å². The highest BCUT2D eigenvalue weighted by molar-refractivity contribution is 5.97. The molecule has 1 aromatic carbocycles. The number of aromatic nitrogens is 2. The summed E-state index contributed by atoms with van der Waals surface area (Å²) in [5, 5.41) is 6.78. The summed E-state index contributed by atoms with van der Waals surface area (Å²) in [6, 6.07) is 9.74. The third-order valence-electron chi connectivity index (χ3n) is 4.00. The predicted octanol–water partition coefficient (Wildman–Crippen LogP) is 1.60. The molecule has 1 aliphatic heterocycles. The molecule has 0 unspecified atom stereocenters. The van der Waals surface area contributed by atoms with Crippen molar-refractivity contribution in [1.29, 1.82) is 0 Å². The minimum atomic E-state index is -0.274. The van der Waals surface area contributed by atoms with Gasteiger partial charge in [-0.05, 0) is 18.9 Å². The van der Waals surface area contributed by atoms with Crippen molar-refractivity contribution in [3.8, 4) is 0 Å². The third-order valence-corrected chi connectivity index (χ3v) is 4.00. The van der Waals surface area contributed by atoms with Crippen LogP contribution in [0.2, 0.25) is 0 Å². The van der Waals surface area contributed by atoms with Gasteiger partial charge < -0.3 is 10.2 Å². The van der Waals surface area contributed by atoms with Crippen LogP contribution in [0.3, 0.4) is 0 Å². The maximum absolute atomic E-state index is 12.8. The number of nitrogens with one attached hydrogen (secondary N) is 1. The number of aryl methyl sites for hydroxylation is 2. The second-order valence-electron chi connectivity index (χ2n) is 5.79. The van der Waals surface area contributed by atoms with Gasteiger partial charge >= 0.3 is 0 Å². The molecule has 2 heterocycles. The summed E-state index contributed by atoms with van der Waals surface area (Å²) in [5.41, 5.74) is 3.05. The van der Waals surface area contributed by atoms with E-state index in [0.717, 1.165) is 12.0 Å². The Bertz CT molecular complexity index is 751. The van der Waals surface area contributed by atoms with Crippen LogP contribution in [0.4, 0.5) is 0 Å². The highest BCUT2D eigenvalue weighted by Crippen LogP contribution is 2.17. The van der Waals surface area contributed by atoms with E-state index in [1.54, 1.807) is 17.8 Å². The first-order chi connectivity index (χ1) is 11.1. The van der Waals surface area contributed by atoms with E-state index in [-0.39, 0.29) is 17.5 Å². The summed E-state index contributed by atoms with van der Waals surface area (Å²) in [4.78, 5) is 26.3. The number of nitrogens with zero attached hydrogens (tertiary/aromatic N) is 3. The number of benzene rings is 1. The van der Waals surface area contributed by atoms with Crippen molar-refractivity contribution >= 4 is 11.8 Å². The summed E-state index contributed by atoms with van der Waals surface area (Å²) in [6.45, 7) is 3.94. The van der Waals surface area contributed by atoms with Gasteiger partial charge in [0.1, 0.15) is 5.69 Å². The summed E-state index contributed by atoms with van der Waals surface area (Å²) >= 11 is 0. The first-order valence-electron chi connectivity index (χ1n) is 7.73. The average molecular weight is 312 g/mol. The number of hydrogen-bond acceptors (Lipinski definition) is 3. The average Bonchev–Trinajstić information content (AvgIpc) is 2.91. The zero-order valence-electron chi connectivity index (χ0n) is 13.4. The first kappa shape index (κ1) is 15.3. The van der Waals surface area contributed by atoms with Crippen LogP contribution in [0.25, 0.3) is 0 Å². The van der Waals surface area contributed by atoms with Gasteiger partial charge in [0.15, 0.2) is 5.69 Å². The van der Waals surface area contributed by atoms with Gasteiger partial charge in [0.05, 0.1) is 0 Å². The fraction of sp³-hybridized carbons (Fsp3) is 0.353. The molecule has 2 amide bonds. The highest BCUT2D eigenvalue weighted by atomic mass is 16.2. The lowest BCUT2D eigenvalue weighted by Gasteiger charge is -2.20. The largest absolute Gasteiger partial charge is 0.354 e. The van der Waals surface area contributed by atoms with Crippen molar-refractivity contribution in [3.63, 3.8) is 0 Å². The van der Waals surface area contributed by atoms with Crippen LogP contribution in [0, 0.1) is 6.92 Å². The predicted molar refractivity (Wildman–Crippen MR) is 86.2 cm³/mol. The second-order valence-corrected chi connectivity index (χ2v) is 5.79. The van der Waals surface area contributed by atoms with Crippen LogP contribution in [-0.2, 0) is 13.1 Å². The van der Waals surface area contributed by atoms with E-state index in [9.17, 15) is 9.59 Å². The van der Waals surface area contributed by atoms with E-state index in [1.807, 2.05) is 30.0 Å². The Morgan fingerprint density at radius 3 is 2.87 bits per heavy atom. The van der Waals surface area contributed by atoms with E-state index in [1.165, 1.54) is 5.56 Å². The molecule has 120 valence electrons. The molecule has 0 spiro atoms. The van der Waals surface area contributed by atoms with Crippen molar-refractivity contribution in [2.45, 2.75) is 26.4 Å². The summed E-state index contributed by atoms with van der Waals surface area (Å²) in [7, 11) is 1.55. The number of rotatable bonds is 3. The van der Waals surface area contributed by atoms with Crippen LogP contribution in [-0.4, -0.2) is 40.1 Å². The van der Waals surface area contributed by atoms with Crippen LogP contribution < -0.4 is 5.32 Å². The molecule has 6 heteroatoms. The van der Waals surface area contributed by atoms with Gasteiger partial charge in [-0.2, -0.15) is 5.10 Å². The Balaban J connectivity index is 1.86. The first-order valence-corrected chi connectivity index (χ1v) is 7.73. The Morgan fingerprint density at radius 1 is 1.30 bits per heavy atom. The lowest BCUT2D eigenvalue weighted by Crippen LogP contribution is -2.30. The normalized spacial score (nSPS) is 14.3. The van der Waals surface area contributed by atoms with Gasteiger partial charge in [-0.25, -0.2) is 0 Å². The Hall–Kier alpha value is -2.63. The van der Waals surface area contributed by atoms with Crippen molar-refractivity contribution in [3.05, 3.63) is 52.8 Å². The van der Waals surface area contributed by atoms with Gasteiger partial charge in [-0.3, -0.25) is 14.3 Å². The van der Waals surface area contributed by atoms with Crippen molar-refractivity contribution < 1.29 is 9.59 Å². The van der Waals surface area contributed by atoms with E-state index in [0.29, 0.717) is 25.3 Å². The molecular weight excluding hydrogens is 292 g/mol. The van der Waals surface area contributed by atoms with E-state index < -0.39 is 0 Å². The van der Waals surface area contributed by atoms with Crippen LogP contribution in [0.15, 0.2) is 30.3 Å². The maximum atomic E-state index is 12.8. The minimum absolute atomic E-state index is 0.0772. The molecule has 0 radical (unpaired) electrons. The lowest BCUT2D eigenvalue weighted by molar-refractivity contribution is 0.0745. The Labute approximate surface area is 135 Å². The number of carbonyl (C=O) groups excluding carboxylic acids is 2. The quantitative estimate of drug-likeness (QED) is 0.936. The molecule has 0 fully saturated rings. The van der Waals surface area contributed by atoms with Crippen LogP contribution in [0.1, 0.15) is 38.5 Å². The SMILES string of the molecule is CNC(=O)c1cc2n(n1)CCCN(Cc1cccc(C)c1)C2=O. The fourth-order valence-corrected chi connectivity index (χ4v) is 2.86. The molecule has 1 aromatic heterocycles. The monoisotopic (exact) mass is 312 g/mol. The van der Waals surface area contributed by atoms with Gasteiger partial charge in [-0.15, -0.1) is 0 Å². The number of fused-ring (bicyclic) bond motifs is 1. The second kappa shape index (κ2) is 6.24. The summed E-state index contributed by atoms with van der Waals surface area (Å²) in [5.74, 6) is -0.352. The third kappa shape index (κ3) is 3.11. The molecule has 1 N–H and O–H groups in total. The van der Waals surface area contributed by atoms with E-state index in [4.69, 9.17) is 0 Å². The molecule has 0 aliphatic carbocycles. The lowest BCUT2D eigenvalue weighted by atomic mass is 10.1. The highest BCUT2D eigenvalue weighted by Gasteiger charge is 2.26. The molecule has 2 aromatic rings. The molecule has 0 bridgehead atoms. The molecular formula is C17H20N4O2. The van der Waals surface area contributed by atoms with Crippen molar-refractivity contribution in [2.24, 2.45) is 0 Å². The smallest absolute Gasteiger partial charge is 0.272 e. The minimum Gasteiger partial charge on any atom is -0.354 e. The maximum Gasteiger partial charge on any atom is 0.272 e. The zero-order valence-corrected chi connectivity index (χ0v) is 13.4. The van der Waals surface area contributed by atoms with Gasteiger partial charge in [0, 0.05) is 32.7 Å². The number of carbonyl (C=O) groups is 2. The Kier molecular flexibility index (Phi) is 4.14. The molecule has 0 saturated carbocycles. The summed E-state index contributed by atoms with van der Waals surface area (Å²) in [6.07, 6.45) is 0.819. The molecule has 23 heavy (non-hydrogen) atoms. The summed E-state index contributed by atoms with van der Waals surface area (Å²) < 4.78 is 1.64. The molecule has 3 rings (SSSR count). The topological polar surface area (TPSA) is 67.2 Å². The van der Waals surface area contributed by atoms with E-state index >= 15 is 0 Å². The molecule has 0 saturated heterocycles. The van der Waals surface area contributed by atoms with Gasteiger partial charge in [-0.1, -0.05) is 29.8 Å². The fourth-order valence-electron chi connectivity index (χ4n) is 2.86. The van der Waals surface area contributed by atoms with E-state index in [2.05, 4.69) is 16.5 Å². The number of amides is 2. The zero-order chi connectivity index (χ0) is 16.4.